The van der Waals surface area contributed by atoms with Gasteiger partial charge < -0.3 is 0 Å². The van der Waals surface area contributed by atoms with Crippen LogP contribution in [0, 0.1) is 11.8 Å². The number of fused-ring (bicyclic) bond motifs is 10. The third-order valence-corrected chi connectivity index (χ3v) is 14.9. The molecule has 0 amide bonds. The zero-order chi connectivity index (χ0) is 42.2. The lowest BCUT2D eigenvalue weighted by Gasteiger charge is -2.49. The lowest BCUT2D eigenvalue weighted by Crippen LogP contribution is -2.44. The highest BCUT2D eigenvalue weighted by atomic mass is 14.7. The topological polar surface area (TPSA) is 25.8 Å². The summed E-state index contributed by atoms with van der Waals surface area (Å²) in [6, 6.07) is 63.5. The van der Waals surface area contributed by atoms with Gasteiger partial charge in [0.25, 0.3) is 0 Å². The summed E-state index contributed by atoms with van der Waals surface area (Å²) in [4.78, 5) is 9.64. The van der Waals surface area contributed by atoms with Crippen molar-refractivity contribution < 1.29 is 0 Å². The van der Waals surface area contributed by atoms with Gasteiger partial charge in [0.1, 0.15) is 0 Å². The van der Waals surface area contributed by atoms with Crippen molar-refractivity contribution in [2.24, 2.45) is 11.8 Å². The van der Waals surface area contributed by atoms with E-state index in [4.69, 9.17) is 9.97 Å². The van der Waals surface area contributed by atoms with Gasteiger partial charge in [0.15, 0.2) is 0 Å². The van der Waals surface area contributed by atoms with Crippen molar-refractivity contribution >= 4 is 43.4 Å². The van der Waals surface area contributed by atoms with E-state index in [1.165, 1.54) is 101 Å². The van der Waals surface area contributed by atoms with Crippen molar-refractivity contribution in [2.45, 2.75) is 45.4 Å². The summed E-state index contributed by atoms with van der Waals surface area (Å²) in [6.45, 7) is 7.14. The highest BCUT2D eigenvalue weighted by Crippen LogP contribution is 2.63. The molecule has 302 valence electrons. The summed E-state index contributed by atoms with van der Waals surface area (Å²) in [5, 5.41) is 7.12. The largest absolute Gasteiger partial charge is 0.254 e. The van der Waals surface area contributed by atoms with Crippen LogP contribution in [0.4, 0.5) is 0 Å². The monoisotopic (exact) mass is 808 g/mol. The molecular weight excluding hydrogens is 761 g/mol. The smallest absolute Gasteiger partial charge is 0.0970 e. The second-order valence-electron chi connectivity index (χ2n) is 17.9. The highest BCUT2D eigenvalue weighted by Gasteiger charge is 2.53. The number of pyridine rings is 2. The fraction of sp³-hybridized carbons (Fsp3) is 0.148. The van der Waals surface area contributed by atoms with Gasteiger partial charge in [-0.15, -0.1) is 0 Å². The Labute approximate surface area is 369 Å². The fourth-order valence-electron chi connectivity index (χ4n) is 12.2. The van der Waals surface area contributed by atoms with Crippen LogP contribution in [-0.2, 0) is 5.41 Å². The average Bonchev–Trinajstić information content (AvgIpc) is 3.65. The fourth-order valence-corrected chi connectivity index (χ4v) is 12.2. The molecule has 2 aromatic heterocycles. The maximum atomic E-state index is 4.87. The van der Waals surface area contributed by atoms with E-state index >= 15 is 0 Å². The number of nitrogens with zero attached hydrogens (tertiary/aromatic N) is 2. The summed E-state index contributed by atoms with van der Waals surface area (Å²) in [5.74, 6) is 1.09. The second kappa shape index (κ2) is 14.7. The van der Waals surface area contributed by atoms with Gasteiger partial charge in [-0.3, -0.25) is 9.97 Å². The van der Waals surface area contributed by atoms with E-state index in [1.54, 1.807) is 5.57 Å². The van der Waals surface area contributed by atoms with Gasteiger partial charge in [0, 0.05) is 28.6 Å². The minimum Gasteiger partial charge on any atom is -0.254 e. The number of rotatable bonds is 5. The molecule has 2 heterocycles. The number of allylic oxidation sites excluding steroid dienone is 2. The third kappa shape index (κ3) is 5.57. The SMILES string of the molecule is CC=C1CC(C)C2(c3ccccc3-c3c(-c4ccc(-c5cccc(-c6c7ccccc7c(-c7cc8cccnc8c8ncccc78)c7ccccc67)c5)cc4)cccc32)C(CC)C1. The Morgan fingerprint density at radius 3 is 1.84 bits per heavy atom. The molecule has 0 saturated heterocycles. The van der Waals surface area contributed by atoms with E-state index in [2.05, 4.69) is 185 Å². The van der Waals surface area contributed by atoms with E-state index in [-0.39, 0.29) is 5.41 Å². The average molecular weight is 809 g/mol. The molecule has 3 atom stereocenters. The van der Waals surface area contributed by atoms with Crippen molar-refractivity contribution in [3.05, 3.63) is 205 Å². The van der Waals surface area contributed by atoms with Crippen LogP contribution >= 0.6 is 0 Å². The molecule has 12 rings (SSSR count). The molecule has 1 fully saturated rings. The third-order valence-electron chi connectivity index (χ3n) is 14.9. The molecule has 1 saturated carbocycles. The number of benzene rings is 8. The first-order valence-electron chi connectivity index (χ1n) is 22.7. The second-order valence-corrected chi connectivity index (χ2v) is 17.9. The molecule has 0 radical (unpaired) electrons. The van der Waals surface area contributed by atoms with E-state index in [9.17, 15) is 0 Å². The van der Waals surface area contributed by atoms with Gasteiger partial charge in [-0.25, -0.2) is 0 Å². The Morgan fingerprint density at radius 2 is 1.10 bits per heavy atom. The first-order valence-corrected chi connectivity index (χ1v) is 22.7. The van der Waals surface area contributed by atoms with E-state index in [1.807, 2.05) is 24.5 Å². The van der Waals surface area contributed by atoms with Gasteiger partial charge in [-0.2, -0.15) is 0 Å². The van der Waals surface area contributed by atoms with Crippen LogP contribution in [0.5, 0.6) is 0 Å². The van der Waals surface area contributed by atoms with Crippen molar-refractivity contribution in [1.82, 2.24) is 9.97 Å². The predicted octanol–water partition coefficient (Wildman–Crippen LogP) is 16.4. The quantitative estimate of drug-likeness (QED) is 0.0983. The molecule has 10 aromatic rings. The number of hydrogen-bond acceptors (Lipinski definition) is 2. The van der Waals surface area contributed by atoms with Crippen LogP contribution in [0.3, 0.4) is 0 Å². The lowest BCUT2D eigenvalue weighted by molar-refractivity contribution is 0.188. The molecular formula is C61H48N2. The first-order chi connectivity index (χ1) is 31.1. The summed E-state index contributed by atoms with van der Waals surface area (Å²) in [5.41, 5.74) is 19.3. The molecule has 8 aromatic carbocycles. The molecule has 2 nitrogen and oxygen atoms in total. The van der Waals surface area contributed by atoms with Crippen LogP contribution in [0.1, 0.15) is 51.2 Å². The van der Waals surface area contributed by atoms with Crippen LogP contribution in [0.25, 0.3) is 99.0 Å². The Kier molecular flexibility index (Phi) is 8.80. The Balaban J connectivity index is 0.978. The van der Waals surface area contributed by atoms with E-state index in [0.717, 1.165) is 28.2 Å². The Hall–Kier alpha value is -7.16. The van der Waals surface area contributed by atoms with Crippen LogP contribution in [0.15, 0.2) is 194 Å². The predicted molar refractivity (Wildman–Crippen MR) is 266 cm³/mol. The molecule has 0 bridgehead atoms. The molecule has 2 aliphatic rings. The maximum absolute atomic E-state index is 4.87. The highest BCUT2D eigenvalue weighted by molar-refractivity contribution is 6.25. The lowest BCUT2D eigenvalue weighted by atomic mass is 9.54. The van der Waals surface area contributed by atoms with Gasteiger partial charge in [-0.1, -0.05) is 178 Å². The minimum absolute atomic E-state index is 0.0219. The summed E-state index contributed by atoms with van der Waals surface area (Å²) >= 11 is 0. The summed E-state index contributed by atoms with van der Waals surface area (Å²) < 4.78 is 0. The van der Waals surface area contributed by atoms with Crippen molar-refractivity contribution in [1.29, 1.82) is 0 Å². The van der Waals surface area contributed by atoms with Gasteiger partial charge in [0.05, 0.1) is 11.0 Å². The molecule has 2 aliphatic carbocycles. The molecule has 3 unspecified atom stereocenters. The first kappa shape index (κ1) is 37.6. The van der Waals surface area contributed by atoms with E-state index in [0.29, 0.717) is 11.8 Å². The maximum Gasteiger partial charge on any atom is 0.0970 e. The molecule has 0 aliphatic heterocycles. The minimum atomic E-state index is 0.0219. The van der Waals surface area contributed by atoms with Crippen molar-refractivity contribution in [3.8, 4) is 55.6 Å². The number of aromatic nitrogens is 2. The molecule has 1 spiro atoms. The molecule has 0 N–H and O–H groups in total. The molecule has 63 heavy (non-hydrogen) atoms. The van der Waals surface area contributed by atoms with Gasteiger partial charge >= 0.3 is 0 Å². The van der Waals surface area contributed by atoms with Crippen molar-refractivity contribution in [2.75, 3.05) is 0 Å². The van der Waals surface area contributed by atoms with Gasteiger partial charge in [-0.05, 0) is 144 Å². The zero-order valence-electron chi connectivity index (χ0n) is 36.1. The summed E-state index contributed by atoms with van der Waals surface area (Å²) in [7, 11) is 0. The van der Waals surface area contributed by atoms with Crippen LogP contribution in [0.2, 0.25) is 0 Å². The van der Waals surface area contributed by atoms with E-state index < -0.39 is 0 Å². The molecule has 2 heteroatoms. The van der Waals surface area contributed by atoms with Crippen LogP contribution in [-0.4, -0.2) is 9.97 Å². The Bertz CT molecular complexity index is 3430. The normalized spacial score (nSPS) is 18.7. The van der Waals surface area contributed by atoms with Gasteiger partial charge in [0.2, 0.25) is 0 Å². The van der Waals surface area contributed by atoms with Crippen molar-refractivity contribution in [3.63, 3.8) is 0 Å². The zero-order valence-corrected chi connectivity index (χ0v) is 36.1. The van der Waals surface area contributed by atoms with Crippen LogP contribution < -0.4 is 0 Å². The standard InChI is InChI=1S/C61H48N2/c1-4-39-34-38(3)61(45(5-2)35-39)54-26-11-10-23-52(54)58-46(24-13-27-55(58)61)41-30-28-40(29-31-41)42-16-12-17-43(36-42)56-47-19-6-8-21-49(47)57(50-22-9-7-20-48(50)56)53-37-44-18-14-32-62-59(44)60-51(53)25-15-33-63-60/h4,6-33,36-38,45H,5,34-35H2,1-3H3. The Morgan fingerprint density at radius 1 is 0.492 bits per heavy atom. The number of hydrogen-bond donors (Lipinski definition) is 0. The summed E-state index contributed by atoms with van der Waals surface area (Å²) in [6.07, 6.45) is 9.62.